The van der Waals surface area contributed by atoms with Gasteiger partial charge in [-0.3, -0.25) is 4.79 Å². The van der Waals surface area contributed by atoms with Crippen LogP contribution >= 0.6 is 0 Å². The fourth-order valence-electron chi connectivity index (χ4n) is 3.24. The number of nitrogens with zero attached hydrogens (tertiary/aromatic N) is 4. The van der Waals surface area contributed by atoms with Crippen LogP contribution < -0.4 is 9.04 Å². The first-order chi connectivity index (χ1) is 12.4. The van der Waals surface area contributed by atoms with Crippen LogP contribution in [-0.2, 0) is 21.4 Å². The summed E-state index contributed by atoms with van der Waals surface area (Å²) in [6.07, 6.45) is 1.98. The van der Waals surface area contributed by atoms with Gasteiger partial charge < -0.3 is 9.64 Å². The van der Waals surface area contributed by atoms with Gasteiger partial charge in [0.1, 0.15) is 11.9 Å². The molecule has 1 amide bonds. The molecule has 1 aromatic carbocycles. The molecule has 2 aliphatic rings. The van der Waals surface area contributed by atoms with E-state index in [1.165, 1.54) is 17.4 Å². The maximum absolute atomic E-state index is 12.7. The van der Waals surface area contributed by atoms with Gasteiger partial charge in [0.25, 0.3) is 10.0 Å². The molecule has 1 unspecified atom stereocenters. The Bertz CT molecular complexity index is 963. The number of carbonyl (C=O) groups is 1. The molecule has 0 spiro atoms. The van der Waals surface area contributed by atoms with Gasteiger partial charge >= 0.3 is 6.01 Å². The lowest BCUT2D eigenvalue weighted by molar-refractivity contribution is -0.128. The predicted molar refractivity (Wildman–Crippen MR) is 93.1 cm³/mol. The number of carbonyl (C=O) groups excluding carboxylic acids is 1. The summed E-state index contributed by atoms with van der Waals surface area (Å²) in [6, 6.07) is 8.57. The van der Waals surface area contributed by atoms with E-state index in [1.807, 2.05) is 6.07 Å². The van der Waals surface area contributed by atoms with Crippen LogP contribution in [0.4, 0.5) is 5.82 Å². The van der Waals surface area contributed by atoms with Gasteiger partial charge in [0.05, 0.1) is 18.0 Å². The number of hydrogen-bond donors (Lipinski definition) is 0. The number of likely N-dealkylation sites (tertiary alicyclic amines) is 1. The first-order valence-electron chi connectivity index (χ1n) is 8.31. The Hall–Kier alpha value is -2.68. The van der Waals surface area contributed by atoms with Crippen molar-refractivity contribution in [2.45, 2.75) is 30.9 Å². The monoisotopic (exact) mass is 374 g/mol. The van der Waals surface area contributed by atoms with Crippen molar-refractivity contribution in [1.82, 2.24) is 14.9 Å². The molecular formula is C17H18N4O4S. The Kier molecular flexibility index (Phi) is 4.03. The van der Waals surface area contributed by atoms with E-state index in [0.717, 1.165) is 5.56 Å². The second kappa shape index (κ2) is 6.24. The topological polar surface area (TPSA) is 92.7 Å². The molecule has 1 aromatic heterocycles. The van der Waals surface area contributed by atoms with Crippen molar-refractivity contribution >= 4 is 21.7 Å². The number of ether oxygens (including phenoxy) is 1. The molecule has 0 radical (unpaired) electrons. The molecule has 2 aromatic rings. The molecule has 4 rings (SSSR count). The van der Waals surface area contributed by atoms with Crippen LogP contribution in [-0.4, -0.2) is 48.4 Å². The summed E-state index contributed by atoms with van der Waals surface area (Å²) in [5.41, 5.74) is 0.737. The minimum Gasteiger partial charge on any atom is -0.458 e. The van der Waals surface area contributed by atoms with Crippen molar-refractivity contribution in [3.8, 4) is 6.01 Å². The Morgan fingerprint density at radius 1 is 1.27 bits per heavy atom. The van der Waals surface area contributed by atoms with Gasteiger partial charge in [-0.15, -0.1) is 0 Å². The highest BCUT2D eigenvalue weighted by Crippen LogP contribution is 2.33. The van der Waals surface area contributed by atoms with Gasteiger partial charge in [0, 0.05) is 32.2 Å². The molecule has 1 saturated heterocycles. The number of benzene rings is 1. The zero-order chi connectivity index (χ0) is 18.3. The minimum absolute atomic E-state index is 0.00620. The Labute approximate surface area is 151 Å². The van der Waals surface area contributed by atoms with Crippen LogP contribution in [0, 0.1) is 0 Å². The molecule has 1 fully saturated rings. The van der Waals surface area contributed by atoms with Crippen LogP contribution in [0.25, 0.3) is 0 Å². The smallest absolute Gasteiger partial charge is 0.318 e. The Morgan fingerprint density at radius 3 is 2.81 bits per heavy atom. The second-order valence-electron chi connectivity index (χ2n) is 6.31. The summed E-state index contributed by atoms with van der Waals surface area (Å²) in [6.45, 7) is 2.87. The molecule has 0 N–H and O–H groups in total. The van der Waals surface area contributed by atoms with E-state index in [4.69, 9.17) is 4.74 Å². The van der Waals surface area contributed by atoms with Crippen LogP contribution in [0.15, 0.2) is 41.4 Å². The summed E-state index contributed by atoms with van der Waals surface area (Å²) in [5.74, 6) is 0.277. The molecule has 1 atom stereocenters. The van der Waals surface area contributed by atoms with Gasteiger partial charge in [-0.05, 0) is 11.6 Å². The van der Waals surface area contributed by atoms with Crippen molar-refractivity contribution in [2.75, 3.05) is 17.4 Å². The van der Waals surface area contributed by atoms with Crippen LogP contribution in [0.3, 0.4) is 0 Å². The van der Waals surface area contributed by atoms with E-state index in [-0.39, 0.29) is 30.4 Å². The normalized spacial score (nSPS) is 20.9. The van der Waals surface area contributed by atoms with Gasteiger partial charge in [-0.1, -0.05) is 18.2 Å². The molecule has 0 bridgehead atoms. The Balaban J connectivity index is 1.55. The van der Waals surface area contributed by atoms with Gasteiger partial charge in [0.2, 0.25) is 5.91 Å². The largest absolute Gasteiger partial charge is 0.458 e. The van der Waals surface area contributed by atoms with Crippen molar-refractivity contribution in [2.24, 2.45) is 0 Å². The third-order valence-corrected chi connectivity index (χ3v) is 6.44. The van der Waals surface area contributed by atoms with Gasteiger partial charge in [-0.25, -0.2) is 17.7 Å². The minimum atomic E-state index is -3.63. The van der Waals surface area contributed by atoms with E-state index in [9.17, 15) is 13.2 Å². The highest BCUT2D eigenvalue weighted by atomic mass is 32.2. The lowest BCUT2D eigenvalue weighted by Gasteiger charge is -2.17. The molecule has 3 heterocycles. The van der Waals surface area contributed by atoms with Crippen LogP contribution in [0.5, 0.6) is 6.01 Å². The third kappa shape index (κ3) is 2.88. The highest BCUT2D eigenvalue weighted by Gasteiger charge is 2.35. The summed E-state index contributed by atoms with van der Waals surface area (Å²) in [5, 5.41) is 0. The lowest BCUT2D eigenvalue weighted by Crippen LogP contribution is -2.29. The van der Waals surface area contributed by atoms with Gasteiger partial charge in [0.15, 0.2) is 0 Å². The maximum Gasteiger partial charge on any atom is 0.318 e. The van der Waals surface area contributed by atoms with Gasteiger partial charge in [-0.2, -0.15) is 4.98 Å². The van der Waals surface area contributed by atoms with Crippen LogP contribution in [0.2, 0.25) is 0 Å². The summed E-state index contributed by atoms with van der Waals surface area (Å²) in [4.78, 5) is 21.8. The molecule has 26 heavy (non-hydrogen) atoms. The molecule has 2 aliphatic heterocycles. The quantitative estimate of drug-likeness (QED) is 0.801. The molecule has 9 heteroatoms. The van der Waals surface area contributed by atoms with Crippen molar-refractivity contribution in [3.63, 3.8) is 0 Å². The average molecular weight is 374 g/mol. The zero-order valence-corrected chi connectivity index (χ0v) is 15.0. The van der Waals surface area contributed by atoms with E-state index < -0.39 is 10.0 Å². The van der Waals surface area contributed by atoms with Crippen molar-refractivity contribution < 1.29 is 17.9 Å². The molecule has 0 aliphatic carbocycles. The molecular weight excluding hydrogens is 356 g/mol. The SMILES string of the molecule is CC(=O)N1CCC(Oc2nccc(N3Cc4ccccc4S3(=O)=O)n2)C1. The fraction of sp³-hybridized carbons (Fsp3) is 0.353. The molecule has 8 nitrogen and oxygen atoms in total. The standard InChI is InChI=1S/C17H18N4O4S/c1-12(22)20-9-7-14(11-20)25-17-18-8-6-16(19-17)21-10-13-4-2-3-5-15(13)26(21,23)24/h2-6,8,14H,7,9-11H2,1H3. The maximum atomic E-state index is 12.7. The van der Waals surface area contributed by atoms with Crippen molar-refractivity contribution in [3.05, 3.63) is 42.1 Å². The fourth-order valence-corrected chi connectivity index (χ4v) is 4.84. The lowest BCUT2D eigenvalue weighted by atomic mass is 10.2. The number of rotatable bonds is 3. The molecule has 0 saturated carbocycles. The second-order valence-corrected chi connectivity index (χ2v) is 8.14. The summed E-state index contributed by atoms with van der Waals surface area (Å²) >= 11 is 0. The Morgan fingerprint density at radius 2 is 2.08 bits per heavy atom. The number of fused-ring (bicyclic) bond motifs is 1. The number of anilines is 1. The summed E-state index contributed by atoms with van der Waals surface area (Å²) < 4.78 is 32.5. The van der Waals surface area contributed by atoms with Crippen molar-refractivity contribution in [1.29, 1.82) is 0 Å². The first kappa shape index (κ1) is 16.8. The molecule has 136 valence electrons. The van der Waals surface area contributed by atoms with E-state index in [0.29, 0.717) is 24.4 Å². The number of sulfonamides is 1. The van der Waals surface area contributed by atoms with E-state index in [1.54, 1.807) is 29.2 Å². The number of hydrogen-bond acceptors (Lipinski definition) is 6. The first-order valence-corrected chi connectivity index (χ1v) is 9.75. The van der Waals surface area contributed by atoms with E-state index in [2.05, 4.69) is 9.97 Å². The highest BCUT2D eigenvalue weighted by molar-refractivity contribution is 7.93. The number of aromatic nitrogens is 2. The number of amides is 1. The summed E-state index contributed by atoms with van der Waals surface area (Å²) in [7, 11) is -3.63. The predicted octanol–water partition coefficient (Wildman–Crippen LogP) is 1.19. The van der Waals surface area contributed by atoms with E-state index >= 15 is 0 Å². The average Bonchev–Trinajstić information content (AvgIpc) is 3.18. The third-order valence-electron chi connectivity index (χ3n) is 4.59. The zero-order valence-electron chi connectivity index (χ0n) is 14.2. The van der Waals surface area contributed by atoms with Crippen LogP contribution in [0.1, 0.15) is 18.9 Å².